The van der Waals surface area contributed by atoms with Crippen molar-refractivity contribution in [3.05, 3.63) is 374 Å². The molecule has 406 valence electrons. The van der Waals surface area contributed by atoms with Crippen LogP contribution >= 0.6 is 22.7 Å². The molecule has 0 bridgehead atoms. The van der Waals surface area contributed by atoms with Crippen molar-refractivity contribution in [2.24, 2.45) is 0 Å². The van der Waals surface area contributed by atoms with Crippen LogP contribution in [0.1, 0.15) is 159 Å². The van der Waals surface area contributed by atoms with E-state index in [0.29, 0.717) is 0 Å². The van der Waals surface area contributed by atoms with Gasteiger partial charge >= 0.3 is 0 Å². The predicted molar refractivity (Wildman–Crippen MR) is 332 cm³/mol. The van der Waals surface area contributed by atoms with Crippen molar-refractivity contribution in [2.45, 2.75) is 87.9 Å². The molecule has 0 fully saturated rings. The van der Waals surface area contributed by atoms with Gasteiger partial charge in [0.1, 0.15) is 28.5 Å². The molecular formula is C78H60O2S2Y2-4. The second kappa shape index (κ2) is 22.7. The molecule has 4 aliphatic carbocycles. The number of thiophene rings is 2. The fourth-order valence-electron chi connectivity index (χ4n) is 15.0. The molecular weight excluding hydrogens is 1210 g/mol. The number of hydrogen-bond acceptors (Lipinski definition) is 4. The molecule has 16 rings (SSSR count). The molecule has 4 heterocycles. The summed E-state index contributed by atoms with van der Waals surface area (Å²) in [6.07, 6.45) is 5.47. The number of rotatable bonds is 8. The van der Waals surface area contributed by atoms with Crippen LogP contribution in [-0.2, 0) is 126 Å². The van der Waals surface area contributed by atoms with Gasteiger partial charge in [0.25, 0.3) is 0 Å². The smallest absolute Gasteiger partial charge is 0.128 e. The van der Waals surface area contributed by atoms with Crippen molar-refractivity contribution in [1.82, 2.24) is 0 Å². The molecule has 12 aromatic rings. The van der Waals surface area contributed by atoms with Gasteiger partial charge in [-0.2, -0.15) is 121 Å². The van der Waals surface area contributed by atoms with Crippen LogP contribution in [0.25, 0.3) is 0 Å². The van der Waals surface area contributed by atoms with Gasteiger partial charge in [0.05, 0.1) is 10.8 Å². The molecule has 84 heavy (non-hydrogen) atoms. The summed E-state index contributed by atoms with van der Waals surface area (Å²) in [6.45, 7) is 8.92. The third-order valence-electron chi connectivity index (χ3n) is 18.4. The van der Waals surface area contributed by atoms with E-state index in [4.69, 9.17) is 8.83 Å². The Morgan fingerprint density at radius 3 is 1.02 bits per heavy atom. The van der Waals surface area contributed by atoms with E-state index in [1.54, 1.807) is 0 Å². The Balaban J connectivity index is 0.000000153. The summed E-state index contributed by atoms with van der Waals surface area (Å²) in [5.41, 5.74) is 18.2. The van der Waals surface area contributed by atoms with Crippen LogP contribution in [0.3, 0.4) is 0 Å². The number of furan rings is 2. The van der Waals surface area contributed by atoms with Crippen LogP contribution in [-0.4, -0.2) is 0 Å². The maximum Gasteiger partial charge on any atom is 0.128 e. The standard InChI is InChI=1S/C39H30O2.C39H30S2.2Y/c2*1-3-30-24-34-37(41-30)39(32-21-13-11-15-26(32)23-27-16-12-14-22-33(27)39)35-25-31(4-2)40-36(35)38(34,28-17-7-5-8-18-28)29-19-9-6-10-20-29;;/h2*5-17,19,21-22,24-25H,3-4,23H2,1-2H3;;/q2*-2;;. The average molecular weight is 1270 g/mol. The molecule has 0 amide bonds. The molecule has 0 unspecified atom stereocenters. The maximum absolute atomic E-state index is 7.09. The third-order valence-corrected chi connectivity index (χ3v) is 21.2. The van der Waals surface area contributed by atoms with Crippen molar-refractivity contribution >= 4 is 22.7 Å². The van der Waals surface area contributed by atoms with Gasteiger partial charge in [-0.25, -0.2) is 0 Å². The largest absolute Gasteiger partial charge is 0.464 e. The van der Waals surface area contributed by atoms with Crippen LogP contribution in [0.15, 0.2) is 227 Å². The van der Waals surface area contributed by atoms with E-state index in [2.05, 4.69) is 246 Å². The summed E-state index contributed by atoms with van der Waals surface area (Å²) < 4.78 is 14.1. The Morgan fingerprint density at radius 2 is 0.655 bits per heavy atom. The maximum atomic E-state index is 7.09. The Kier molecular flexibility index (Phi) is 15.4. The monoisotopic (exact) mass is 1270 g/mol. The van der Waals surface area contributed by atoms with E-state index >= 15 is 0 Å². The van der Waals surface area contributed by atoms with Crippen molar-refractivity contribution < 1.29 is 74.3 Å². The Hall–Kier alpha value is -6.07. The van der Waals surface area contributed by atoms with E-state index < -0.39 is 16.2 Å². The molecule has 0 aliphatic heterocycles. The van der Waals surface area contributed by atoms with Gasteiger partial charge in [0.2, 0.25) is 0 Å². The summed E-state index contributed by atoms with van der Waals surface area (Å²) >= 11 is 4.01. The topological polar surface area (TPSA) is 26.3 Å². The zero-order valence-corrected chi connectivity index (χ0v) is 55.1. The summed E-state index contributed by atoms with van der Waals surface area (Å²) in [4.78, 5) is 5.73. The summed E-state index contributed by atoms with van der Waals surface area (Å²) in [7, 11) is 0. The number of benzene rings is 8. The second-order valence-electron chi connectivity index (χ2n) is 22.3. The molecule has 0 saturated carbocycles. The van der Waals surface area contributed by atoms with Crippen molar-refractivity contribution in [2.75, 3.05) is 0 Å². The molecule has 6 heteroatoms. The second-order valence-corrected chi connectivity index (χ2v) is 24.6. The molecule has 4 aromatic heterocycles. The van der Waals surface area contributed by atoms with Crippen LogP contribution < -0.4 is 0 Å². The molecule has 4 aliphatic rings. The Bertz CT molecular complexity index is 3790. The van der Waals surface area contributed by atoms with E-state index in [1.165, 1.54) is 86.3 Å². The predicted octanol–water partition coefficient (Wildman–Crippen LogP) is 18.1. The first-order valence-electron chi connectivity index (χ1n) is 29.2. The minimum Gasteiger partial charge on any atom is -0.464 e. The summed E-state index contributed by atoms with van der Waals surface area (Å²) in [6, 6.07) is 94.4. The summed E-state index contributed by atoms with van der Waals surface area (Å²) in [5, 5.41) is 0. The normalized spacial score (nSPS) is 15.2. The van der Waals surface area contributed by atoms with Gasteiger partial charge in [-0.15, -0.1) is 44.9 Å². The fourth-order valence-corrected chi connectivity index (χ4v) is 17.8. The Morgan fingerprint density at radius 1 is 0.333 bits per heavy atom. The molecule has 2 radical (unpaired) electrons. The zero-order chi connectivity index (χ0) is 55.2. The van der Waals surface area contributed by atoms with Gasteiger partial charge in [-0.1, -0.05) is 125 Å². The van der Waals surface area contributed by atoms with Gasteiger partial charge in [-0.3, -0.25) is 0 Å². The number of fused-ring (bicyclic) bond motifs is 16. The first kappa shape index (κ1) is 57.0. The first-order valence-corrected chi connectivity index (χ1v) is 30.9. The van der Waals surface area contributed by atoms with Crippen LogP contribution in [0.2, 0.25) is 0 Å². The zero-order valence-electron chi connectivity index (χ0n) is 47.8. The third kappa shape index (κ3) is 8.06. The Labute approximate surface area is 553 Å². The van der Waals surface area contributed by atoms with Crippen molar-refractivity contribution in [3.8, 4) is 0 Å². The summed E-state index contributed by atoms with van der Waals surface area (Å²) in [5.74, 6) is 3.83. The van der Waals surface area contributed by atoms with E-state index in [9.17, 15) is 0 Å². The molecule has 0 N–H and O–H groups in total. The van der Waals surface area contributed by atoms with Crippen LogP contribution in [0.4, 0.5) is 0 Å². The molecule has 2 nitrogen and oxygen atoms in total. The van der Waals surface area contributed by atoms with Gasteiger partial charge in [-0.05, 0) is 106 Å². The van der Waals surface area contributed by atoms with E-state index in [1.807, 2.05) is 46.9 Å². The average Bonchev–Trinajstić information content (AvgIpc) is 1.41. The molecule has 8 aromatic carbocycles. The van der Waals surface area contributed by atoms with Gasteiger partial charge < -0.3 is 8.83 Å². The van der Waals surface area contributed by atoms with Crippen LogP contribution in [0.5, 0.6) is 0 Å². The SMILES string of the molecule is CCc1cc2c(o1)C(c1[c-]cccc1)(c1[c-]cccc1)c1cc(CC)oc1C21c2ccccc2Cc2ccccc21.CCc1cc2c(s1)C(c1[c-]cccc1)(c1[c-]cccc1)c1cc(CC)sc1C21c2ccccc2Cc2ccccc21.[Y].[Y]. The number of hydrogen-bond donors (Lipinski definition) is 0. The quantitative estimate of drug-likeness (QED) is 0.142. The minimum atomic E-state index is -0.774. The van der Waals surface area contributed by atoms with Crippen molar-refractivity contribution in [3.63, 3.8) is 0 Å². The molecule has 2 spiro atoms. The van der Waals surface area contributed by atoms with E-state index in [-0.39, 0.29) is 70.8 Å². The van der Waals surface area contributed by atoms with Crippen molar-refractivity contribution in [1.29, 1.82) is 0 Å². The molecule has 0 saturated heterocycles. The number of aryl methyl sites for hydroxylation is 4. The first-order chi connectivity index (χ1) is 40.4. The van der Waals surface area contributed by atoms with Crippen LogP contribution in [0, 0.1) is 24.3 Å². The molecule has 0 atom stereocenters. The fraction of sp³-hybridized carbons (Fsp3) is 0.179. The van der Waals surface area contributed by atoms with Gasteiger partial charge in [0, 0.05) is 114 Å². The minimum absolute atomic E-state index is 0. The van der Waals surface area contributed by atoms with E-state index in [0.717, 1.165) is 83.8 Å². The van der Waals surface area contributed by atoms with Gasteiger partial charge in [0.15, 0.2) is 0 Å².